The molecule has 0 aromatic heterocycles. The lowest BCUT2D eigenvalue weighted by Crippen LogP contribution is -2.30. The zero-order valence-corrected chi connectivity index (χ0v) is 44.5. The van der Waals surface area contributed by atoms with E-state index in [1.54, 1.807) is 0 Å². The lowest BCUT2D eigenvalue weighted by Gasteiger charge is -2.18. The summed E-state index contributed by atoms with van der Waals surface area (Å²) in [5.74, 6) is -1.09. The summed E-state index contributed by atoms with van der Waals surface area (Å²) >= 11 is 0. The van der Waals surface area contributed by atoms with Crippen LogP contribution in [-0.2, 0) is 28.6 Å². The van der Waals surface area contributed by atoms with Crippen LogP contribution in [0.2, 0.25) is 0 Å². The molecule has 0 radical (unpaired) electrons. The van der Waals surface area contributed by atoms with E-state index < -0.39 is 6.10 Å². The fourth-order valence-corrected chi connectivity index (χ4v) is 7.28. The van der Waals surface area contributed by atoms with Gasteiger partial charge in [-0.2, -0.15) is 0 Å². The van der Waals surface area contributed by atoms with Crippen molar-refractivity contribution in [2.75, 3.05) is 13.2 Å². The van der Waals surface area contributed by atoms with E-state index in [1.165, 1.54) is 116 Å². The molecule has 0 saturated heterocycles. The van der Waals surface area contributed by atoms with E-state index in [0.29, 0.717) is 19.3 Å². The fourth-order valence-electron chi connectivity index (χ4n) is 7.28. The monoisotopic (exact) mass is 955 g/mol. The maximum absolute atomic E-state index is 12.8. The summed E-state index contributed by atoms with van der Waals surface area (Å²) in [7, 11) is 0. The predicted molar refractivity (Wildman–Crippen MR) is 297 cm³/mol. The second-order valence-electron chi connectivity index (χ2n) is 18.1. The van der Waals surface area contributed by atoms with Crippen molar-refractivity contribution in [3.05, 3.63) is 122 Å². The van der Waals surface area contributed by atoms with Crippen LogP contribution in [0.4, 0.5) is 0 Å². The topological polar surface area (TPSA) is 78.9 Å². The molecule has 0 aliphatic heterocycles. The molecule has 0 bridgehead atoms. The Balaban J connectivity index is 4.55. The van der Waals surface area contributed by atoms with Crippen LogP contribution in [0.5, 0.6) is 0 Å². The number of rotatable bonds is 49. The van der Waals surface area contributed by atoms with Crippen molar-refractivity contribution in [2.24, 2.45) is 0 Å². The van der Waals surface area contributed by atoms with Crippen LogP contribution >= 0.6 is 0 Å². The number of carbonyl (C=O) groups excluding carboxylic acids is 3. The summed E-state index contributed by atoms with van der Waals surface area (Å²) in [6.45, 7) is 6.36. The minimum Gasteiger partial charge on any atom is -0.462 e. The van der Waals surface area contributed by atoms with Gasteiger partial charge in [0.25, 0.3) is 0 Å². The van der Waals surface area contributed by atoms with Crippen molar-refractivity contribution in [2.45, 2.75) is 245 Å². The second-order valence-corrected chi connectivity index (χ2v) is 18.1. The summed E-state index contributed by atoms with van der Waals surface area (Å²) in [4.78, 5) is 38.0. The number of hydrogen-bond acceptors (Lipinski definition) is 6. The molecule has 0 N–H and O–H groups in total. The van der Waals surface area contributed by atoms with Crippen molar-refractivity contribution in [1.82, 2.24) is 0 Å². The Morgan fingerprint density at radius 3 is 1.06 bits per heavy atom. The van der Waals surface area contributed by atoms with Crippen LogP contribution in [0.15, 0.2) is 122 Å². The lowest BCUT2D eigenvalue weighted by molar-refractivity contribution is -0.166. The molecule has 0 amide bonds. The number of allylic oxidation sites excluding steroid dienone is 20. The smallest absolute Gasteiger partial charge is 0.306 e. The highest BCUT2D eigenvalue weighted by Gasteiger charge is 2.19. The summed E-state index contributed by atoms with van der Waals surface area (Å²) in [6.07, 6.45) is 77.8. The Morgan fingerprint density at radius 2 is 0.638 bits per heavy atom. The summed E-state index contributed by atoms with van der Waals surface area (Å²) < 4.78 is 16.7. The molecule has 6 nitrogen and oxygen atoms in total. The van der Waals surface area contributed by atoms with Crippen LogP contribution in [0, 0.1) is 0 Å². The number of hydrogen-bond donors (Lipinski definition) is 0. The van der Waals surface area contributed by atoms with Gasteiger partial charge in [-0.1, -0.05) is 239 Å². The largest absolute Gasteiger partial charge is 0.462 e. The molecule has 0 aromatic carbocycles. The highest BCUT2D eigenvalue weighted by atomic mass is 16.6. The molecule has 0 rings (SSSR count). The van der Waals surface area contributed by atoms with E-state index in [0.717, 1.165) is 70.6 Å². The molecule has 0 spiro atoms. The number of carbonyl (C=O) groups is 3. The van der Waals surface area contributed by atoms with E-state index >= 15 is 0 Å². The third kappa shape index (κ3) is 54.6. The maximum Gasteiger partial charge on any atom is 0.306 e. The summed E-state index contributed by atoms with van der Waals surface area (Å²) in [5.41, 5.74) is 0. The quantitative estimate of drug-likeness (QED) is 0.0199. The van der Waals surface area contributed by atoms with Gasteiger partial charge in [0, 0.05) is 19.3 Å². The molecular formula is C63H102O6. The van der Waals surface area contributed by atoms with E-state index in [-0.39, 0.29) is 44.0 Å². The van der Waals surface area contributed by atoms with Crippen LogP contribution < -0.4 is 0 Å². The van der Waals surface area contributed by atoms with Gasteiger partial charge in [0.05, 0.1) is 0 Å². The van der Waals surface area contributed by atoms with Crippen LogP contribution in [0.1, 0.15) is 239 Å². The van der Waals surface area contributed by atoms with Crippen molar-refractivity contribution in [1.29, 1.82) is 0 Å². The van der Waals surface area contributed by atoms with E-state index in [1.807, 2.05) is 18.2 Å². The Labute approximate surface area is 424 Å². The van der Waals surface area contributed by atoms with Crippen molar-refractivity contribution < 1.29 is 28.6 Å². The zero-order chi connectivity index (χ0) is 50.0. The number of esters is 3. The first-order valence-corrected chi connectivity index (χ1v) is 28.1. The third-order valence-corrected chi connectivity index (χ3v) is 11.5. The van der Waals surface area contributed by atoms with Gasteiger partial charge < -0.3 is 14.2 Å². The molecule has 6 heteroatoms. The molecule has 0 fully saturated rings. The number of unbranched alkanes of at least 4 members (excludes halogenated alkanes) is 19. The molecule has 0 heterocycles. The second kappa shape index (κ2) is 56.4. The van der Waals surface area contributed by atoms with E-state index in [4.69, 9.17) is 14.2 Å². The Bertz CT molecular complexity index is 1470. The molecule has 390 valence electrons. The maximum atomic E-state index is 12.8. The minimum absolute atomic E-state index is 0.136. The van der Waals surface area contributed by atoms with Crippen LogP contribution in [0.25, 0.3) is 0 Å². The van der Waals surface area contributed by atoms with Gasteiger partial charge in [0.2, 0.25) is 0 Å². The van der Waals surface area contributed by atoms with E-state index in [9.17, 15) is 14.4 Å². The average molecular weight is 956 g/mol. The van der Waals surface area contributed by atoms with Crippen LogP contribution in [-0.4, -0.2) is 37.2 Å². The normalized spacial score (nSPS) is 13.0. The van der Waals surface area contributed by atoms with Gasteiger partial charge >= 0.3 is 17.9 Å². The molecular weight excluding hydrogens is 853 g/mol. The standard InChI is InChI=1S/C63H102O6/c1-4-7-10-13-16-19-22-25-27-29-31-33-35-38-41-44-47-50-53-56-62(65)68-59-60(58-67-61(64)55-52-49-46-43-40-37-24-21-18-15-12-9-6-3)69-63(66)57-54-51-48-45-42-39-36-34-32-30-28-26-23-20-17-14-11-8-5-2/h7,10,16-17,19-20,23,25-27,31,33,37-38,40-41,46-47,49-50,60H,4-6,8-9,11-15,18,21-22,24,28-30,32,34-36,39,42-45,48,51-59H2,1-3H3/b10-7+,19-16+,20-17+,26-23+,27-25+,33-31+,40-37+,41-38+,49-46+,50-47+. The third-order valence-electron chi connectivity index (χ3n) is 11.5. The van der Waals surface area contributed by atoms with Gasteiger partial charge in [-0.15, -0.1) is 0 Å². The highest BCUT2D eigenvalue weighted by Crippen LogP contribution is 2.14. The summed E-state index contributed by atoms with van der Waals surface area (Å²) in [5, 5.41) is 0. The Hall–Kier alpha value is -4.19. The molecule has 1 unspecified atom stereocenters. The van der Waals surface area contributed by atoms with Crippen molar-refractivity contribution in [3.63, 3.8) is 0 Å². The lowest BCUT2D eigenvalue weighted by atomic mass is 10.1. The Kier molecular flexibility index (Phi) is 53.0. The summed E-state index contributed by atoms with van der Waals surface area (Å²) in [6, 6.07) is 0. The van der Waals surface area contributed by atoms with Gasteiger partial charge in [0.1, 0.15) is 13.2 Å². The first kappa shape index (κ1) is 64.8. The SMILES string of the molecule is CC/C=C/C/C=C/C/C=C/C/C=C/C/C=C/C/C=C/CCC(=O)OCC(COC(=O)CC/C=C/C/C=C/CCCCCCCC)OC(=O)CCCCCCCCCCCC/C=C/C=C/CCCCC. The molecule has 0 saturated carbocycles. The van der Waals surface area contributed by atoms with Crippen LogP contribution in [0.3, 0.4) is 0 Å². The first-order valence-electron chi connectivity index (χ1n) is 28.1. The highest BCUT2D eigenvalue weighted by molar-refractivity contribution is 5.71. The molecule has 0 aromatic rings. The van der Waals surface area contributed by atoms with Gasteiger partial charge in [0.15, 0.2) is 6.10 Å². The molecule has 0 aliphatic carbocycles. The molecule has 1 atom stereocenters. The van der Waals surface area contributed by atoms with Gasteiger partial charge in [-0.05, 0) is 103 Å². The van der Waals surface area contributed by atoms with Crippen molar-refractivity contribution in [3.8, 4) is 0 Å². The van der Waals surface area contributed by atoms with E-state index in [2.05, 4.69) is 124 Å². The number of ether oxygens (including phenoxy) is 3. The first-order chi connectivity index (χ1) is 34.0. The Morgan fingerprint density at radius 1 is 0.319 bits per heavy atom. The molecule has 0 aliphatic rings. The van der Waals surface area contributed by atoms with Gasteiger partial charge in [-0.25, -0.2) is 0 Å². The average Bonchev–Trinajstić information content (AvgIpc) is 3.35. The van der Waals surface area contributed by atoms with Gasteiger partial charge in [-0.3, -0.25) is 14.4 Å². The molecule has 69 heavy (non-hydrogen) atoms. The zero-order valence-electron chi connectivity index (χ0n) is 44.5. The van der Waals surface area contributed by atoms with Crippen molar-refractivity contribution >= 4 is 17.9 Å². The minimum atomic E-state index is -0.836. The predicted octanol–water partition coefficient (Wildman–Crippen LogP) is 18.9. The fraction of sp³-hybridized carbons (Fsp3) is 0.635.